The predicted octanol–water partition coefficient (Wildman–Crippen LogP) is 4.48. The Labute approximate surface area is 139 Å². The number of oxazole rings is 1. The standard InChI is InChI=1S/C18H15ClN2O2/c1-12-16(23-18(20-12)13-7-3-2-4-8-13)11-17(22)21-15-10-6-5-9-14(15)19/h2-10H,11H2,1H3,(H,21,22). The number of para-hydroxylation sites is 1. The van der Waals surface area contributed by atoms with Crippen LogP contribution >= 0.6 is 11.6 Å². The molecule has 23 heavy (non-hydrogen) atoms. The summed E-state index contributed by atoms with van der Waals surface area (Å²) >= 11 is 6.04. The maximum atomic E-state index is 12.2. The van der Waals surface area contributed by atoms with Gasteiger partial charge in [-0.3, -0.25) is 4.79 Å². The van der Waals surface area contributed by atoms with Crippen LogP contribution in [0.2, 0.25) is 5.02 Å². The molecular weight excluding hydrogens is 312 g/mol. The van der Waals surface area contributed by atoms with E-state index in [1.807, 2.05) is 49.4 Å². The van der Waals surface area contributed by atoms with Crippen LogP contribution in [0.1, 0.15) is 11.5 Å². The number of rotatable bonds is 4. The molecule has 0 aliphatic rings. The monoisotopic (exact) mass is 326 g/mol. The molecule has 1 N–H and O–H groups in total. The maximum Gasteiger partial charge on any atom is 0.232 e. The summed E-state index contributed by atoms with van der Waals surface area (Å²) in [5, 5.41) is 3.28. The van der Waals surface area contributed by atoms with Gasteiger partial charge in [0.05, 0.1) is 22.8 Å². The van der Waals surface area contributed by atoms with Crippen LogP contribution in [0.5, 0.6) is 0 Å². The fraction of sp³-hybridized carbons (Fsp3) is 0.111. The number of halogens is 1. The van der Waals surface area contributed by atoms with E-state index >= 15 is 0 Å². The molecule has 116 valence electrons. The number of nitrogens with one attached hydrogen (secondary N) is 1. The molecule has 0 aliphatic heterocycles. The third-order valence-corrected chi connectivity index (χ3v) is 3.71. The smallest absolute Gasteiger partial charge is 0.232 e. The number of anilines is 1. The molecule has 0 saturated heterocycles. The fourth-order valence-electron chi connectivity index (χ4n) is 2.20. The lowest BCUT2D eigenvalue weighted by molar-refractivity contribution is -0.115. The number of aromatic nitrogens is 1. The molecule has 0 spiro atoms. The zero-order valence-electron chi connectivity index (χ0n) is 12.5. The van der Waals surface area contributed by atoms with Crippen molar-refractivity contribution >= 4 is 23.2 Å². The van der Waals surface area contributed by atoms with Crippen molar-refractivity contribution in [1.82, 2.24) is 4.98 Å². The number of carbonyl (C=O) groups excluding carboxylic acids is 1. The van der Waals surface area contributed by atoms with Gasteiger partial charge in [0.2, 0.25) is 11.8 Å². The summed E-state index contributed by atoms with van der Waals surface area (Å²) in [5.41, 5.74) is 2.17. The summed E-state index contributed by atoms with van der Waals surface area (Å²) in [6.45, 7) is 1.83. The Kier molecular flexibility index (Phi) is 4.44. The molecule has 0 atom stereocenters. The summed E-state index contributed by atoms with van der Waals surface area (Å²) < 4.78 is 5.73. The second kappa shape index (κ2) is 6.67. The zero-order valence-corrected chi connectivity index (χ0v) is 13.3. The van der Waals surface area contributed by atoms with Gasteiger partial charge in [0, 0.05) is 5.56 Å². The third kappa shape index (κ3) is 3.60. The van der Waals surface area contributed by atoms with Crippen LogP contribution in [-0.4, -0.2) is 10.9 Å². The van der Waals surface area contributed by atoms with E-state index in [0.29, 0.717) is 28.1 Å². The summed E-state index contributed by atoms with van der Waals surface area (Å²) in [7, 11) is 0. The molecular formula is C18H15ClN2O2. The summed E-state index contributed by atoms with van der Waals surface area (Å²) in [5.74, 6) is 0.869. The van der Waals surface area contributed by atoms with Gasteiger partial charge in [0.25, 0.3) is 0 Å². The molecule has 0 aliphatic carbocycles. The molecule has 4 nitrogen and oxygen atoms in total. The number of carbonyl (C=O) groups is 1. The van der Waals surface area contributed by atoms with Gasteiger partial charge in [-0.1, -0.05) is 41.9 Å². The fourth-order valence-corrected chi connectivity index (χ4v) is 2.38. The first-order valence-corrected chi connectivity index (χ1v) is 7.57. The molecule has 0 unspecified atom stereocenters. The van der Waals surface area contributed by atoms with Crippen molar-refractivity contribution < 1.29 is 9.21 Å². The van der Waals surface area contributed by atoms with E-state index in [1.165, 1.54) is 0 Å². The highest BCUT2D eigenvalue weighted by Crippen LogP contribution is 2.23. The molecule has 1 aromatic heterocycles. The Morgan fingerprint density at radius 2 is 1.83 bits per heavy atom. The van der Waals surface area contributed by atoms with Crippen molar-refractivity contribution in [2.75, 3.05) is 5.32 Å². The van der Waals surface area contributed by atoms with Crippen LogP contribution < -0.4 is 5.32 Å². The van der Waals surface area contributed by atoms with E-state index in [0.717, 1.165) is 5.56 Å². The topological polar surface area (TPSA) is 55.1 Å². The maximum absolute atomic E-state index is 12.2. The van der Waals surface area contributed by atoms with Crippen LogP contribution in [0.3, 0.4) is 0 Å². The van der Waals surface area contributed by atoms with Gasteiger partial charge in [-0.25, -0.2) is 4.98 Å². The van der Waals surface area contributed by atoms with Crippen molar-refractivity contribution in [1.29, 1.82) is 0 Å². The molecule has 3 rings (SSSR count). The number of hydrogen-bond donors (Lipinski definition) is 1. The van der Waals surface area contributed by atoms with E-state index < -0.39 is 0 Å². The van der Waals surface area contributed by atoms with Gasteiger partial charge in [-0.15, -0.1) is 0 Å². The van der Waals surface area contributed by atoms with Crippen LogP contribution in [0, 0.1) is 6.92 Å². The number of nitrogens with zero attached hydrogens (tertiary/aromatic N) is 1. The molecule has 0 fully saturated rings. The van der Waals surface area contributed by atoms with Crippen molar-refractivity contribution in [3.63, 3.8) is 0 Å². The Bertz CT molecular complexity index is 828. The number of benzene rings is 2. The van der Waals surface area contributed by atoms with Gasteiger partial charge < -0.3 is 9.73 Å². The minimum Gasteiger partial charge on any atom is -0.440 e. The number of aryl methyl sites for hydroxylation is 1. The van der Waals surface area contributed by atoms with Gasteiger partial charge in [0.15, 0.2) is 0 Å². The van der Waals surface area contributed by atoms with Gasteiger partial charge in [0.1, 0.15) is 5.76 Å². The Morgan fingerprint density at radius 3 is 2.57 bits per heavy atom. The average molecular weight is 327 g/mol. The first-order chi connectivity index (χ1) is 11.1. The molecule has 1 heterocycles. The lowest BCUT2D eigenvalue weighted by Gasteiger charge is -2.05. The molecule has 3 aromatic rings. The third-order valence-electron chi connectivity index (χ3n) is 3.38. The lowest BCUT2D eigenvalue weighted by atomic mass is 10.2. The average Bonchev–Trinajstić information content (AvgIpc) is 2.91. The summed E-state index contributed by atoms with van der Waals surface area (Å²) in [4.78, 5) is 16.6. The van der Waals surface area contributed by atoms with Crippen molar-refractivity contribution in [2.24, 2.45) is 0 Å². The minimum absolute atomic E-state index is 0.108. The molecule has 0 saturated carbocycles. The number of amides is 1. The van der Waals surface area contributed by atoms with Gasteiger partial charge in [-0.05, 0) is 31.2 Å². The van der Waals surface area contributed by atoms with Crippen LogP contribution in [0.4, 0.5) is 5.69 Å². The summed E-state index contributed by atoms with van der Waals surface area (Å²) in [6.07, 6.45) is 0.108. The van der Waals surface area contributed by atoms with E-state index in [9.17, 15) is 4.79 Å². The van der Waals surface area contributed by atoms with Crippen molar-refractivity contribution in [2.45, 2.75) is 13.3 Å². The first-order valence-electron chi connectivity index (χ1n) is 7.19. The quantitative estimate of drug-likeness (QED) is 0.768. The van der Waals surface area contributed by atoms with E-state index in [2.05, 4.69) is 10.3 Å². The van der Waals surface area contributed by atoms with Crippen molar-refractivity contribution in [3.8, 4) is 11.5 Å². The Hall–Kier alpha value is -2.59. The SMILES string of the molecule is Cc1nc(-c2ccccc2)oc1CC(=O)Nc1ccccc1Cl. The van der Waals surface area contributed by atoms with Gasteiger partial charge in [-0.2, -0.15) is 0 Å². The largest absolute Gasteiger partial charge is 0.440 e. The number of hydrogen-bond acceptors (Lipinski definition) is 3. The van der Waals surface area contributed by atoms with E-state index in [1.54, 1.807) is 12.1 Å². The van der Waals surface area contributed by atoms with Gasteiger partial charge >= 0.3 is 0 Å². The molecule has 1 amide bonds. The Balaban J connectivity index is 1.74. The molecule has 5 heteroatoms. The predicted molar refractivity (Wildman–Crippen MR) is 90.5 cm³/mol. The Morgan fingerprint density at radius 1 is 1.13 bits per heavy atom. The summed E-state index contributed by atoms with van der Waals surface area (Å²) in [6, 6.07) is 16.7. The highest BCUT2D eigenvalue weighted by Gasteiger charge is 2.15. The van der Waals surface area contributed by atoms with Crippen LogP contribution in [0.25, 0.3) is 11.5 Å². The minimum atomic E-state index is -0.197. The van der Waals surface area contributed by atoms with Crippen LogP contribution in [0.15, 0.2) is 59.0 Å². The molecule has 2 aromatic carbocycles. The molecule has 0 radical (unpaired) electrons. The highest BCUT2D eigenvalue weighted by molar-refractivity contribution is 6.33. The second-order valence-corrected chi connectivity index (χ2v) is 5.51. The van der Waals surface area contributed by atoms with Crippen molar-refractivity contribution in [3.05, 3.63) is 71.1 Å². The van der Waals surface area contributed by atoms with E-state index in [4.69, 9.17) is 16.0 Å². The first kappa shape index (κ1) is 15.3. The van der Waals surface area contributed by atoms with E-state index in [-0.39, 0.29) is 12.3 Å². The normalized spacial score (nSPS) is 10.5. The lowest BCUT2D eigenvalue weighted by Crippen LogP contribution is -2.14. The molecule has 0 bridgehead atoms. The zero-order chi connectivity index (χ0) is 16.2. The highest BCUT2D eigenvalue weighted by atomic mass is 35.5. The van der Waals surface area contributed by atoms with Crippen LogP contribution in [-0.2, 0) is 11.2 Å². The second-order valence-electron chi connectivity index (χ2n) is 5.10.